The van der Waals surface area contributed by atoms with E-state index in [0.29, 0.717) is 36.0 Å². The number of ether oxygens (including phenoxy) is 2. The maximum Gasteiger partial charge on any atom is 0.255 e. The average Bonchev–Trinajstić information content (AvgIpc) is 3.26. The van der Waals surface area contributed by atoms with Crippen LogP contribution in [-0.2, 0) is 13.0 Å². The quantitative estimate of drug-likeness (QED) is 0.575. The molecule has 0 aliphatic carbocycles. The van der Waals surface area contributed by atoms with Gasteiger partial charge in [-0.25, -0.2) is 4.98 Å². The summed E-state index contributed by atoms with van der Waals surface area (Å²) < 4.78 is 10.6. The first-order valence-corrected chi connectivity index (χ1v) is 9.79. The van der Waals surface area contributed by atoms with Gasteiger partial charge in [0.25, 0.3) is 5.91 Å². The molecule has 6 nitrogen and oxygen atoms in total. The first kappa shape index (κ1) is 19.7. The minimum Gasteiger partial charge on any atom is -0.493 e. The SMILES string of the molecule is COc1ccc(CCNc2ncccc2C(=O)NCc2cccs2)cc1OC. The predicted molar refractivity (Wildman–Crippen MR) is 111 cm³/mol. The van der Waals surface area contributed by atoms with Gasteiger partial charge in [0.1, 0.15) is 5.82 Å². The number of aromatic nitrogens is 1. The topological polar surface area (TPSA) is 72.5 Å². The molecule has 0 unspecified atom stereocenters. The molecule has 1 aromatic carbocycles. The number of anilines is 1. The number of rotatable bonds is 9. The number of pyridine rings is 1. The monoisotopic (exact) mass is 397 g/mol. The van der Waals surface area contributed by atoms with E-state index < -0.39 is 0 Å². The third kappa shape index (κ3) is 5.01. The number of carbonyl (C=O) groups is 1. The van der Waals surface area contributed by atoms with Gasteiger partial charge < -0.3 is 20.1 Å². The molecule has 3 rings (SSSR count). The van der Waals surface area contributed by atoms with Crippen LogP contribution in [0.3, 0.4) is 0 Å². The summed E-state index contributed by atoms with van der Waals surface area (Å²) in [4.78, 5) is 18.0. The molecule has 0 aliphatic rings. The maximum absolute atomic E-state index is 12.5. The lowest BCUT2D eigenvalue weighted by Gasteiger charge is -2.12. The first-order valence-electron chi connectivity index (χ1n) is 8.91. The normalized spacial score (nSPS) is 10.4. The second kappa shape index (κ2) is 9.75. The summed E-state index contributed by atoms with van der Waals surface area (Å²) in [6.45, 7) is 1.15. The Balaban J connectivity index is 1.59. The molecule has 0 aliphatic heterocycles. The molecule has 0 saturated carbocycles. The number of thiophene rings is 1. The van der Waals surface area contributed by atoms with E-state index in [1.807, 2.05) is 35.7 Å². The van der Waals surface area contributed by atoms with Crippen molar-refractivity contribution < 1.29 is 14.3 Å². The maximum atomic E-state index is 12.5. The molecule has 28 heavy (non-hydrogen) atoms. The molecule has 2 aromatic heterocycles. The lowest BCUT2D eigenvalue weighted by Crippen LogP contribution is -2.24. The van der Waals surface area contributed by atoms with Crippen LogP contribution in [0.25, 0.3) is 0 Å². The van der Waals surface area contributed by atoms with Crippen LogP contribution in [0, 0.1) is 0 Å². The van der Waals surface area contributed by atoms with E-state index in [4.69, 9.17) is 9.47 Å². The third-order valence-corrected chi connectivity index (χ3v) is 5.09. The Hall–Kier alpha value is -3.06. The fraction of sp³-hybridized carbons (Fsp3) is 0.238. The molecule has 0 radical (unpaired) electrons. The van der Waals surface area contributed by atoms with Crippen LogP contribution >= 0.6 is 11.3 Å². The average molecular weight is 398 g/mol. The van der Waals surface area contributed by atoms with Crippen molar-refractivity contribution in [2.24, 2.45) is 0 Å². The number of amides is 1. The Morgan fingerprint density at radius 2 is 1.96 bits per heavy atom. The highest BCUT2D eigenvalue weighted by atomic mass is 32.1. The second-order valence-corrected chi connectivity index (χ2v) is 7.06. The van der Waals surface area contributed by atoms with Crippen LogP contribution in [0.4, 0.5) is 5.82 Å². The summed E-state index contributed by atoms with van der Waals surface area (Å²) in [7, 11) is 3.24. The zero-order chi connectivity index (χ0) is 19.8. The number of hydrogen-bond donors (Lipinski definition) is 2. The minimum absolute atomic E-state index is 0.143. The van der Waals surface area contributed by atoms with Gasteiger partial charge in [-0.3, -0.25) is 4.79 Å². The van der Waals surface area contributed by atoms with Gasteiger partial charge in [0.2, 0.25) is 0 Å². The van der Waals surface area contributed by atoms with Gasteiger partial charge in [-0.1, -0.05) is 12.1 Å². The van der Waals surface area contributed by atoms with Gasteiger partial charge in [-0.05, 0) is 47.7 Å². The molecule has 1 amide bonds. The number of nitrogens with one attached hydrogen (secondary N) is 2. The lowest BCUT2D eigenvalue weighted by atomic mass is 10.1. The summed E-state index contributed by atoms with van der Waals surface area (Å²) in [5.41, 5.74) is 1.64. The van der Waals surface area contributed by atoms with Gasteiger partial charge in [-0.2, -0.15) is 0 Å². The van der Waals surface area contributed by atoms with E-state index in [1.165, 1.54) is 0 Å². The van der Waals surface area contributed by atoms with E-state index >= 15 is 0 Å². The largest absolute Gasteiger partial charge is 0.493 e. The smallest absolute Gasteiger partial charge is 0.255 e. The number of nitrogens with zero attached hydrogens (tertiary/aromatic N) is 1. The summed E-state index contributed by atoms with van der Waals surface area (Å²) >= 11 is 1.62. The Kier molecular flexibility index (Phi) is 6.86. The molecule has 0 spiro atoms. The highest BCUT2D eigenvalue weighted by molar-refractivity contribution is 7.09. The van der Waals surface area contributed by atoms with E-state index in [9.17, 15) is 4.79 Å². The van der Waals surface area contributed by atoms with Crippen LogP contribution in [0.5, 0.6) is 11.5 Å². The molecule has 146 valence electrons. The van der Waals surface area contributed by atoms with Gasteiger partial charge in [0.05, 0.1) is 26.3 Å². The van der Waals surface area contributed by atoms with Crippen LogP contribution in [-0.4, -0.2) is 31.7 Å². The van der Waals surface area contributed by atoms with Crippen LogP contribution in [0.1, 0.15) is 20.8 Å². The van der Waals surface area contributed by atoms with Crippen LogP contribution in [0.15, 0.2) is 54.0 Å². The van der Waals surface area contributed by atoms with Crippen molar-refractivity contribution in [2.45, 2.75) is 13.0 Å². The second-order valence-electron chi connectivity index (χ2n) is 6.03. The van der Waals surface area contributed by atoms with E-state index in [2.05, 4.69) is 15.6 Å². The lowest BCUT2D eigenvalue weighted by molar-refractivity contribution is 0.0952. The highest BCUT2D eigenvalue weighted by Crippen LogP contribution is 2.27. The van der Waals surface area contributed by atoms with Crippen molar-refractivity contribution in [2.75, 3.05) is 26.1 Å². The number of hydrogen-bond acceptors (Lipinski definition) is 6. The summed E-state index contributed by atoms with van der Waals surface area (Å²) in [6.07, 6.45) is 2.43. The van der Waals surface area contributed by atoms with Crippen molar-refractivity contribution in [3.05, 3.63) is 70.0 Å². The number of methoxy groups -OCH3 is 2. The van der Waals surface area contributed by atoms with Gasteiger partial charge in [0, 0.05) is 17.6 Å². The van der Waals surface area contributed by atoms with Crippen LogP contribution < -0.4 is 20.1 Å². The summed E-state index contributed by atoms with van der Waals surface area (Å²) in [6, 6.07) is 13.3. The van der Waals surface area contributed by atoms with Crippen molar-refractivity contribution >= 4 is 23.1 Å². The Labute approximate surface area is 168 Å². The van der Waals surface area contributed by atoms with Gasteiger partial charge in [0.15, 0.2) is 11.5 Å². The molecule has 7 heteroatoms. The zero-order valence-electron chi connectivity index (χ0n) is 15.9. The Morgan fingerprint density at radius 3 is 2.71 bits per heavy atom. The fourth-order valence-electron chi connectivity index (χ4n) is 2.77. The van der Waals surface area contributed by atoms with Gasteiger partial charge >= 0.3 is 0 Å². The molecule has 2 N–H and O–H groups in total. The highest BCUT2D eigenvalue weighted by Gasteiger charge is 2.12. The van der Waals surface area contributed by atoms with E-state index in [1.54, 1.807) is 43.9 Å². The zero-order valence-corrected chi connectivity index (χ0v) is 16.7. The Bertz CT molecular complexity index is 913. The molecule has 0 saturated heterocycles. The predicted octanol–water partition coefficient (Wildman–Crippen LogP) is 3.74. The van der Waals surface area contributed by atoms with Gasteiger partial charge in [-0.15, -0.1) is 11.3 Å². The van der Waals surface area contributed by atoms with Crippen molar-refractivity contribution in [1.82, 2.24) is 10.3 Å². The Morgan fingerprint density at radius 1 is 1.11 bits per heavy atom. The van der Waals surface area contributed by atoms with Crippen molar-refractivity contribution in [3.63, 3.8) is 0 Å². The summed E-state index contributed by atoms with van der Waals surface area (Å²) in [5.74, 6) is 1.84. The van der Waals surface area contributed by atoms with E-state index in [-0.39, 0.29) is 5.91 Å². The van der Waals surface area contributed by atoms with E-state index in [0.717, 1.165) is 16.9 Å². The van der Waals surface area contributed by atoms with Crippen LogP contribution in [0.2, 0.25) is 0 Å². The molecule has 0 atom stereocenters. The molecular weight excluding hydrogens is 374 g/mol. The third-order valence-electron chi connectivity index (χ3n) is 4.21. The first-order chi connectivity index (χ1) is 13.7. The van der Waals surface area contributed by atoms with Crippen molar-refractivity contribution in [3.8, 4) is 11.5 Å². The number of benzene rings is 1. The molecule has 0 bridgehead atoms. The fourth-order valence-corrected chi connectivity index (χ4v) is 3.41. The molecule has 3 aromatic rings. The molecular formula is C21H23N3O3S. The number of carbonyl (C=O) groups excluding carboxylic acids is 1. The van der Waals surface area contributed by atoms with Crippen molar-refractivity contribution in [1.29, 1.82) is 0 Å². The standard InChI is InChI=1S/C21H23N3O3S/c1-26-18-8-7-15(13-19(18)27-2)9-11-23-20-17(6-3-10-22-20)21(25)24-14-16-5-4-12-28-16/h3-8,10,12-13H,9,11,14H2,1-2H3,(H,22,23)(H,24,25). The molecule has 0 fully saturated rings. The molecule has 2 heterocycles. The summed E-state index contributed by atoms with van der Waals surface area (Å²) in [5, 5.41) is 8.19. The minimum atomic E-state index is -0.143.